The summed E-state index contributed by atoms with van der Waals surface area (Å²) < 4.78 is 10.9. The minimum absolute atomic E-state index is 0.120. The Morgan fingerprint density at radius 1 is 1.21 bits per heavy atom. The lowest BCUT2D eigenvalue weighted by atomic mass is 9.77. The smallest absolute Gasteiger partial charge is 0.223 e. The third-order valence-corrected chi connectivity index (χ3v) is 5.97. The first-order valence-corrected chi connectivity index (χ1v) is 10.3. The molecule has 0 radical (unpaired) electrons. The molecule has 29 heavy (non-hydrogen) atoms. The van der Waals surface area contributed by atoms with Crippen molar-refractivity contribution in [3.8, 4) is 0 Å². The van der Waals surface area contributed by atoms with Crippen LogP contribution >= 0.6 is 0 Å². The van der Waals surface area contributed by atoms with E-state index in [0.717, 1.165) is 25.1 Å². The number of carbonyl (C=O) groups excluding carboxylic acids is 1. The Morgan fingerprint density at radius 2 is 1.86 bits per heavy atom. The third-order valence-electron chi connectivity index (χ3n) is 5.97. The van der Waals surface area contributed by atoms with Gasteiger partial charge in [0.25, 0.3) is 0 Å². The molecule has 0 bridgehead atoms. The van der Waals surface area contributed by atoms with Crippen LogP contribution in [0.3, 0.4) is 0 Å². The van der Waals surface area contributed by atoms with Crippen LogP contribution in [0.4, 0.5) is 0 Å². The van der Waals surface area contributed by atoms with Gasteiger partial charge >= 0.3 is 0 Å². The van der Waals surface area contributed by atoms with E-state index in [0.29, 0.717) is 29.8 Å². The molecule has 0 aromatic carbocycles. The number of pyridine rings is 1. The molecule has 0 saturated carbocycles. The maximum Gasteiger partial charge on any atom is 0.223 e. The largest absolute Gasteiger partial charge is 0.501 e. The zero-order valence-electron chi connectivity index (χ0n) is 17.7. The van der Waals surface area contributed by atoms with E-state index in [1.54, 1.807) is 38.8 Å². The molecule has 6 nitrogen and oxygen atoms in total. The van der Waals surface area contributed by atoms with Crippen molar-refractivity contribution in [1.82, 2.24) is 9.88 Å². The van der Waals surface area contributed by atoms with Crippen molar-refractivity contribution in [3.63, 3.8) is 0 Å². The topological polar surface area (TPSA) is 71.9 Å². The predicted molar refractivity (Wildman–Crippen MR) is 111 cm³/mol. The van der Waals surface area contributed by atoms with Crippen LogP contribution in [0.5, 0.6) is 0 Å². The third kappa shape index (κ3) is 4.99. The van der Waals surface area contributed by atoms with Crippen LogP contribution in [-0.2, 0) is 14.3 Å². The lowest BCUT2D eigenvalue weighted by molar-refractivity contribution is -0.134. The first-order chi connectivity index (χ1) is 13.9. The fourth-order valence-electron chi connectivity index (χ4n) is 4.73. The first kappa shape index (κ1) is 21.4. The number of nitrogens with zero attached hydrogens (tertiary/aromatic N) is 2. The molecule has 1 fully saturated rings. The van der Waals surface area contributed by atoms with E-state index in [1.807, 2.05) is 17.0 Å². The maximum absolute atomic E-state index is 13.3. The highest BCUT2D eigenvalue weighted by Crippen LogP contribution is 2.40. The molecule has 5 atom stereocenters. The monoisotopic (exact) mass is 400 g/mol. The number of carbonyl (C=O) groups is 1. The standard InChI is InChI=1S/C23H32N2O4/c1-15-9-16(2)14-25(13-15)22(27)12-19(17-5-7-24-8-6-17)23-20(26)10-18(28-3)11-21(23)29-4/h5-8,10-11,15-16,19-20,23,26H,9,12-14H2,1-4H3. The molecule has 3 rings (SSSR count). The minimum atomic E-state index is -0.810. The van der Waals surface area contributed by atoms with E-state index in [2.05, 4.69) is 18.8 Å². The van der Waals surface area contributed by atoms with Crippen LogP contribution in [0.25, 0.3) is 0 Å². The number of piperidine rings is 1. The van der Waals surface area contributed by atoms with Crippen LogP contribution in [0.15, 0.2) is 48.2 Å². The lowest BCUT2D eigenvalue weighted by Crippen LogP contribution is -2.44. The molecule has 1 amide bonds. The summed E-state index contributed by atoms with van der Waals surface area (Å²) in [5, 5.41) is 10.9. The molecule has 2 aliphatic rings. The highest BCUT2D eigenvalue weighted by Gasteiger charge is 2.38. The number of amides is 1. The summed E-state index contributed by atoms with van der Waals surface area (Å²) in [6.45, 7) is 5.98. The Kier molecular flexibility index (Phi) is 6.96. The summed E-state index contributed by atoms with van der Waals surface area (Å²) in [4.78, 5) is 19.4. The number of aliphatic hydroxyl groups excluding tert-OH is 1. The summed E-state index contributed by atoms with van der Waals surface area (Å²) in [7, 11) is 3.15. The highest BCUT2D eigenvalue weighted by atomic mass is 16.5. The highest BCUT2D eigenvalue weighted by molar-refractivity contribution is 5.77. The number of rotatable bonds is 6. The average molecular weight is 401 g/mol. The van der Waals surface area contributed by atoms with Crippen LogP contribution < -0.4 is 0 Å². The van der Waals surface area contributed by atoms with Gasteiger partial charge in [-0.25, -0.2) is 0 Å². The molecular formula is C23H32N2O4. The normalized spacial score (nSPS) is 28.2. The quantitative estimate of drug-likeness (QED) is 0.794. The minimum Gasteiger partial charge on any atom is -0.501 e. The number of methoxy groups -OCH3 is 2. The Labute approximate surface area is 173 Å². The molecule has 1 aromatic heterocycles. The van der Waals surface area contributed by atoms with Crippen molar-refractivity contribution in [1.29, 1.82) is 0 Å². The van der Waals surface area contributed by atoms with E-state index in [9.17, 15) is 9.90 Å². The van der Waals surface area contributed by atoms with Gasteiger partial charge in [-0.3, -0.25) is 9.78 Å². The van der Waals surface area contributed by atoms with Crippen molar-refractivity contribution < 1.29 is 19.4 Å². The zero-order chi connectivity index (χ0) is 21.0. The number of hydrogen-bond donors (Lipinski definition) is 1. The second kappa shape index (κ2) is 9.44. The maximum atomic E-state index is 13.3. The Bertz CT molecular complexity index is 751. The van der Waals surface area contributed by atoms with Gasteiger partial charge in [0.1, 0.15) is 11.5 Å². The van der Waals surface area contributed by atoms with Crippen LogP contribution in [0.2, 0.25) is 0 Å². The molecule has 0 spiro atoms. The Balaban J connectivity index is 1.89. The molecule has 158 valence electrons. The fraction of sp³-hybridized carbons (Fsp3) is 0.565. The number of aliphatic hydroxyl groups is 1. The SMILES string of the molecule is COC1=CC(O)C(C(CC(=O)N2CC(C)CC(C)C2)c2ccncc2)C(OC)=C1. The first-order valence-electron chi connectivity index (χ1n) is 10.3. The van der Waals surface area contributed by atoms with Crippen LogP contribution in [0, 0.1) is 17.8 Å². The summed E-state index contributed by atoms with van der Waals surface area (Å²) in [6, 6.07) is 3.82. The molecule has 1 aromatic rings. The Hall–Kier alpha value is -2.34. The number of hydrogen-bond acceptors (Lipinski definition) is 5. The van der Waals surface area contributed by atoms with E-state index in [-0.39, 0.29) is 17.7 Å². The van der Waals surface area contributed by atoms with Gasteiger partial charge in [-0.1, -0.05) is 13.8 Å². The van der Waals surface area contributed by atoms with Crippen molar-refractivity contribution >= 4 is 5.91 Å². The van der Waals surface area contributed by atoms with Gasteiger partial charge in [0.15, 0.2) is 0 Å². The molecular weight excluding hydrogens is 368 g/mol. The molecule has 2 heterocycles. The second-order valence-corrected chi connectivity index (χ2v) is 8.38. The summed E-state index contributed by atoms with van der Waals surface area (Å²) >= 11 is 0. The van der Waals surface area contributed by atoms with Gasteiger partial charge in [-0.15, -0.1) is 0 Å². The van der Waals surface area contributed by atoms with Crippen LogP contribution in [0.1, 0.15) is 38.2 Å². The number of likely N-dealkylation sites (tertiary alicyclic amines) is 1. The Morgan fingerprint density at radius 3 is 2.45 bits per heavy atom. The van der Waals surface area contributed by atoms with Crippen molar-refractivity contribution in [2.75, 3.05) is 27.3 Å². The summed E-state index contributed by atoms with van der Waals surface area (Å²) in [6.07, 6.45) is 7.56. The van der Waals surface area contributed by atoms with Gasteiger partial charge in [0.2, 0.25) is 5.91 Å². The fourth-order valence-corrected chi connectivity index (χ4v) is 4.73. The summed E-state index contributed by atoms with van der Waals surface area (Å²) in [5.41, 5.74) is 0.965. The number of aromatic nitrogens is 1. The molecule has 1 N–H and O–H groups in total. The molecule has 6 heteroatoms. The summed E-state index contributed by atoms with van der Waals surface area (Å²) in [5.74, 6) is 1.71. The van der Waals surface area contributed by atoms with E-state index in [4.69, 9.17) is 9.47 Å². The van der Waals surface area contributed by atoms with Gasteiger partial charge in [0, 0.05) is 43.9 Å². The predicted octanol–water partition coefficient (Wildman–Crippen LogP) is 3.11. The van der Waals surface area contributed by atoms with E-state index in [1.165, 1.54) is 0 Å². The lowest BCUT2D eigenvalue weighted by Gasteiger charge is -2.38. The van der Waals surface area contributed by atoms with Crippen molar-refractivity contribution in [3.05, 3.63) is 53.8 Å². The van der Waals surface area contributed by atoms with Gasteiger partial charge in [-0.05, 0) is 42.0 Å². The van der Waals surface area contributed by atoms with Gasteiger partial charge in [-0.2, -0.15) is 0 Å². The van der Waals surface area contributed by atoms with Gasteiger partial charge < -0.3 is 19.5 Å². The van der Waals surface area contributed by atoms with E-state index >= 15 is 0 Å². The average Bonchev–Trinajstić information content (AvgIpc) is 2.71. The molecule has 1 aliphatic heterocycles. The molecule has 1 saturated heterocycles. The van der Waals surface area contributed by atoms with Crippen LogP contribution in [-0.4, -0.2) is 54.3 Å². The second-order valence-electron chi connectivity index (χ2n) is 8.38. The van der Waals surface area contributed by atoms with Gasteiger partial charge in [0.05, 0.1) is 26.2 Å². The molecule has 5 unspecified atom stereocenters. The van der Waals surface area contributed by atoms with Crippen molar-refractivity contribution in [2.45, 2.75) is 38.7 Å². The van der Waals surface area contributed by atoms with Crippen molar-refractivity contribution in [2.24, 2.45) is 17.8 Å². The number of ether oxygens (including phenoxy) is 2. The number of allylic oxidation sites excluding steroid dienone is 1. The zero-order valence-corrected chi connectivity index (χ0v) is 17.7. The van der Waals surface area contributed by atoms with E-state index < -0.39 is 6.10 Å². The molecule has 1 aliphatic carbocycles.